The molecule has 5 heteroatoms. The third-order valence-electron chi connectivity index (χ3n) is 4.38. The summed E-state index contributed by atoms with van der Waals surface area (Å²) < 4.78 is 1.64. The van der Waals surface area contributed by atoms with E-state index in [1.54, 1.807) is 10.9 Å². The van der Waals surface area contributed by atoms with Crippen molar-refractivity contribution in [3.05, 3.63) is 41.7 Å². The summed E-state index contributed by atoms with van der Waals surface area (Å²) in [6.07, 6.45) is 6.16. The van der Waals surface area contributed by atoms with Gasteiger partial charge in [-0.2, -0.15) is 0 Å². The molecule has 1 heterocycles. The standard InChI is InChI=1S/C17H22N4O/c1-12-3-7-14(8-4-12)18-17(22)16-11-21(20-19-16)15-9-5-13(2)6-10-15/h5-6,9-12,14H,3-4,7-8H2,1-2H3,(H,18,22). The summed E-state index contributed by atoms with van der Waals surface area (Å²) in [5.74, 6) is 0.647. The molecule has 1 aromatic carbocycles. The zero-order valence-electron chi connectivity index (χ0n) is 13.1. The molecule has 0 aliphatic heterocycles. The fourth-order valence-electron chi connectivity index (χ4n) is 2.86. The van der Waals surface area contributed by atoms with Crippen molar-refractivity contribution in [3.8, 4) is 5.69 Å². The van der Waals surface area contributed by atoms with Crippen LogP contribution < -0.4 is 5.32 Å². The van der Waals surface area contributed by atoms with Crippen LogP contribution in [0.1, 0.15) is 48.7 Å². The molecular weight excluding hydrogens is 276 g/mol. The van der Waals surface area contributed by atoms with Crippen LogP contribution in [0.3, 0.4) is 0 Å². The molecule has 1 aliphatic carbocycles. The third-order valence-corrected chi connectivity index (χ3v) is 4.38. The van der Waals surface area contributed by atoms with Crippen LogP contribution in [0.4, 0.5) is 0 Å². The number of carbonyl (C=O) groups is 1. The molecule has 1 amide bonds. The number of nitrogens with one attached hydrogen (secondary N) is 1. The Morgan fingerprint density at radius 1 is 1.18 bits per heavy atom. The first-order chi connectivity index (χ1) is 10.6. The van der Waals surface area contributed by atoms with Crippen molar-refractivity contribution in [2.24, 2.45) is 5.92 Å². The molecule has 0 unspecified atom stereocenters. The van der Waals surface area contributed by atoms with Crippen molar-refractivity contribution in [1.82, 2.24) is 20.3 Å². The van der Waals surface area contributed by atoms with Crippen LogP contribution in [-0.4, -0.2) is 26.9 Å². The highest BCUT2D eigenvalue weighted by molar-refractivity contribution is 5.92. The van der Waals surface area contributed by atoms with Crippen LogP contribution in [0.5, 0.6) is 0 Å². The van der Waals surface area contributed by atoms with E-state index in [0.717, 1.165) is 24.4 Å². The van der Waals surface area contributed by atoms with Crippen LogP contribution >= 0.6 is 0 Å². The summed E-state index contributed by atoms with van der Waals surface area (Å²) in [5.41, 5.74) is 2.47. The fraction of sp³-hybridized carbons (Fsp3) is 0.471. The van der Waals surface area contributed by atoms with Gasteiger partial charge in [0, 0.05) is 6.04 Å². The number of rotatable bonds is 3. The second-order valence-electron chi connectivity index (χ2n) is 6.31. The zero-order chi connectivity index (χ0) is 15.5. The highest BCUT2D eigenvalue weighted by Crippen LogP contribution is 2.23. The summed E-state index contributed by atoms with van der Waals surface area (Å²) in [6, 6.07) is 8.23. The predicted octanol–water partition coefficient (Wildman–Crippen LogP) is 2.88. The maximum absolute atomic E-state index is 12.3. The highest BCUT2D eigenvalue weighted by Gasteiger charge is 2.21. The lowest BCUT2D eigenvalue weighted by atomic mass is 9.87. The molecule has 3 rings (SSSR count). The molecule has 5 nitrogen and oxygen atoms in total. The van der Waals surface area contributed by atoms with Gasteiger partial charge in [-0.05, 0) is 50.7 Å². The number of hydrogen-bond donors (Lipinski definition) is 1. The van der Waals surface area contributed by atoms with Crippen molar-refractivity contribution in [3.63, 3.8) is 0 Å². The van der Waals surface area contributed by atoms with Crippen molar-refractivity contribution < 1.29 is 4.79 Å². The first-order valence-corrected chi connectivity index (χ1v) is 7.92. The third kappa shape index (κ3) is 3.35. The summed E-state index contributed by atoms with van der Waals surface area (Å²) in [5, 5.41) is 11.1. The molecule has 22 heavy (non-hydrogen) atoms. The molecule has 0 saturated heterocycles. The van der Waals surface area contributed by atoms with Gasteiger partial charge in [-0.25, -0.2) is 4.68 Å². The summed E-state index contributed by atoms with van der Waals surface area (Å²) in [6.45, 7) is 4.31. The maximum Gasteiger partial charge on any atom is 0.273 e. The van der Waals surface area contributed by atoms with Gasteiger partial charge in [-0.1, -0.05) is 29.8 Å². The van der Waals surface area contributed by atoms with Gasteiger partial charge in [0.2, 0.25) is 0 Å². The van der Waals surface area contributed by atoms with Crippen molar-refractivity contribution in [1.29, 1.82) is 0 Å². The average Bonchev–Trinajstić information content (AvgIpc) is 3.00. The molecule has 116 valence electrons. The summed E-state index contributed by atoms with van der Waals surface area (Å²) >= 11 is 0. The lowest BCUT2D eigenvalue weighted by Crippen LogP contribution is -2.37. The average molecular weight is 298 g/mol. The smallest absolute Gasteiger partial charge is 0.273 e. The SMILES string of the molecule is Cc1ccc(-n2cc(C(=O)NC3CCC(C)CC3)nn2)cc1. The monoisotopic (exact) mass is 298 g/mol. The number of amides is 1. The van der Waals surface area contributed by atoms with Crippen LogP contribution in [0.2, 0.25) is 0 Å². The molecule has 1 N–H and O–H groups in total. The molecule has 2 aromatic rings. The minimum absolute atomic E-state index is 0.127. The van der Waals surface area contributed by atoms with E-state index in [1.165, 1.54) is 18.4 Å². The Balaban J connectivity index is 1.65. The van der Waals surface area contributed by atoms with Gasteiger partial charge >= 0.3 is 0 Å². The number of aromatic nitrogens is 3. The van der Waals surface area contributed by atoms with E-state index in [2.05, 4.69) is 22.6 Å². The molecule has 1 aromatic heterocycles. The van der Waals surface area contributed by atoms with Gasteiger partial charge in [0.05, 0.1) is 11.9 Å². The van der Waals surface area contributed by atoms with Crippen molar-refractivity contribution >= 4 is 5.91 Å². The lowest BCUT2D eigenvalue weighted by Gasteiger charge is -2.26. The Hall–Kier alpha value is -2.17. The Kier molecular flexibility index (Phi) is 4.22. The number of aryl methyl sites for hydroxylation is 1. The van der Waals surface area contributed by atoms with Gasteiger partial charge < -0.3 is 5.32 Å². The Labute approximate surface area is 130 Å². The van der Waals surface area contributed by atoms with E-state index in [-0.39, 0.29) is 11.9 Å². The van der Waals surface area contributed by atoms with E-state index in [0.29, 0.717) is 5.69 Å². The quantitative estimate of drug-likeness (QED) is 0.948. The second kappa shape index (κ2) is 6.30. The minimum Gasteiger partial charge on any atom is -0.348 e. The number of nitrogens with zero attached hydrogens (tertiary/aromatic N) is 3. The molecule has 0 atom stereocenters. The predicted molar refractivity (Wildman–Crippen MR) is 85.0 cm³/mol. The van der Waals surface area contributed by atoms with E-state index in [4.69, 9.17) is 0 Å². The van der Waals surface area contributed by atoms with E-state index >= 15 is 0 Å². The Morgan fingerprint density at radius 2 is 1.86 bits per heavy atom. The molecule has 0 bridgehead atoms. The second-order valence-corrected chi connectivity index (χ2v) is 6.31. The van der Waals surface area contributed by atoms with Gasteiger partial charge in [-0.3, -0.25) is 4.79 Å². The van der Waals surface area contributed by atoms with Crippen LogP contribution in [0.15, 0.2) is 30.5 Å². The number of carbonyl (C=O) groups excluding carboxylic acids is 1. The van der Waals surface area contributed by atoms with Crippen LogP contribution in [0.25, 0.3) is 5.69 Å². The van der Waals surface area contributed by atoms with Crippen molar-refractivity contribution in [2.75, 3.05) is 0 Å². The fourth-order valence-corrected chi connectivity index (χ4v) is 2.86. The van der Waals surface area contributed by atoms with Gasteiger partial charge in [0.15, 0.2) is 5.69 Å². The number of hydrogen-bond acceptors (Lipinski definition) is 3. The van der Waals surface area contributed by atoms with E-state index in [9.17, 15) is 4.79 Å². The van der Waals surface area contributed by atoms with Gasteiger partial charge in [0.25, 0.3) is 5.91 Å². The molecule has 1 fully saturated rings. The number of benzene rings is 1. The van der Waals surface area contributed by atoms with Gasteiger partial charge in [-0.15, -0.1) is 5.10 Å². The summed E-state index contributed by atoms with van der Waals surface area (Å²) in [7, 11) is 0. The largest absolute Gasteiger partial charge is 0.348 e. The minimum atomic E-state index is -0.127. The highest BCUT2D eigenvalue weighted by atomic mass is 16.2. The molecular formula is C17H22N4O. The topological polar surface area (TPSA) is 59.8 Å². The molecule has 0 spiro atoms. The van der Waals surface area contributed by atoms with Crippen LogP contribution in [0, 0.1) is 12.8 Å². The van der Waals surface area contributed by atoms with E-state index < -0.39 is 0 Å². The molecule has 0 radical (unpaired) electrons. The molecule has 1 saturated carbocycles. The maximum atomic E-state index is 12.3. The van der Waals surface area contributed by atoms with Crippen molar-refractivity contribution in [2.45, 2.75) is 45.6 Å². The lowest BCUT2D eigenvalue weighted by molar-refractivity contribution is 0.0918. The first kappa shape index (κ1) is 14.8. The normalized spacial score (nSPS) is 21.5. The zero-order valence-corrected chi connectivity index (χ0v) is 13.1. The summed E-state index contributed by atoms with van der Waals surface area (Å²) in [4.78, 5) is 12.3. The van der Waals surface area contributed by atoms with Crippen LogP contribution in [-0.2, 0) is 0 Å². The Bertz CT molecular complexity index is 639. The van der Waals surface area contributed by atoms with E-state index in [1.807, 2.05) is 31.2 Å². The first-order valence-electron chi connectivity index (χ1n) is 7.92. The Morgan fingerprint density at radius 3 is 2.55 bits per heavy atom. The molecule has 1 aliphatic rings. The van der Waals surface area contributed by atoms with Gasteiger partial charge in [0.1, 0.15) is 0 Å².